The molecule has 0 amide bonds. The summed E-state index contributed by atoms with van der Waals surface area (Å²) in [7, 11) is -2.05. The van der Waals surface area contributed by atoms with Crippen molar-refractivity contribution in [1.82, 2.24) is 0 Å². The third kappa shape index (κ3) is 5.66. The zero-order chi connectivity index (χ0) is 29.9. The fourth-order valence-corrected chi connectivity index (χ4v) is 4.42. The second-order valence-electron chi connectivity index (χ2n) is 9.35. The van der Waals surface area contributed by atoms with Gasteiger partial charge in [0.1, 0.15) is 17.1 Å². The lowest BCUT2D eigenvalue weighted by Gasteiger charge is -2.33. The molecule has 0 aromatic heterocycles. The van der Waals surface area contributed by atoms with Crippen molar-refractivity contribution < 1.29 is 41.0 Å². The van der Waals surface area contributed by atoms with Gasteiger partial charge < -0.3 is 19.1 Å². The van der Waals surface area contributed by atoms with Crippen molar-refractivity contribution in [2.24, 2.45) is 0 Å². The molecule has 0 spiro atoms. The Hall–Kier alpha value is -4.83. The number of hydrogen-bond acceptors (Lipinski definition) is 4. The van der Waals surface area contributed by atoms with Gasteiger partial charge in [0.25, 0.3) is 0 Å². The maximum Gasteiger partial charge on any atom is 0.789 e. The first-order chi connectivity index (χ1) is 20.2. The molecule has 0 saturated heterocycles. The van der Waals surface area contributed by atoms with Crippen LogP contribution in [0, 0.1) is 29.1 Å². The molecular formula is C32H22BF5O4. The van der Waals surface area contributed by atoms with Crippen molar-refractivity contribution in [2.75, 3.05) is 0 Å². The zero-order valence-corrected chi connectivity index (χ0v) is 22.0. The van der Waals surface area contributed by atoms with Gasteiger partial charge in [-0.1, -0.05) is 91.0 Å². The Morgan fingerprint density at radius 3 is 1.69 bits per heavy atom. The molecule has 1 atom stereocenters. The number of phenolic OH excluding ortho intramolecular Hbond substituents is 1. The fourth-order valence-electron chi connectivity index (χ4n) is 4.42. The van der Waals surface area contributed by atoms with E-state index >= 15 is 0 Å². The van der Waals surface area contributed by atoms with Gasteiger partial charge in [-0.05, 0) is 41.8 Å². The molecular weight excluding hydrogens is 554 g/mol. The number of phenols is 1. The summed E-state index contributed by atoms with van der Waals surface area (Å²) in [6, 6.07) is 30.2. The smallest absolute Gasteiger partial charge is 0.508 e. The van der Waals surface area contributed by atoms with Gasteiger partial charge in [-0.25, -0.2) is 13.2 Å². The summed E-state index contributed by atoms with van der Waals surface area (Å²) in [6.45, 7) is 1.61. The van der Waals surface area contributed by atoms with Gasteiger partial charge in [-0.2, -0.15) is 8.78 Å². The molecule has 4 nitrogen and oxygen atoms in total. The van der Waals surface area contributed by atoms with Crippen molar-refractivity contribution in [3.63, 3.8) is 0 Å². The lowest BCUT2D eigenvalue weighted by molar-refractivity contribution is 0.0717. The van der Waals surface area contributed by atoms with Gasteiger partial charge in [0, 0.05) is 5.56 Å². The van der Waals surface area contributed by atoms with E-state index in [-0.39, 0.29) is 11.5 Å². The van der Waals surface area contributed by atoms with E-state index in [1.807, 2.05) is 6.07 Å². The zero-order valence-electron chi connectivity index (χ0n) is 22.0. The van der Waals surface area contributed by atoms with E-state index in [2.05, 4.69) is 0 Å². The fraction of sp³-hybridized carbons (Fsp3) is 0.0625. The Morgan fingerprint density at radius 1 is 0.571 bits per heavy atom. The van der Waals surface area contributed by atoms with Crippen LogP contribution >= 0.6 is 0 Å². The Bertz CT molecular complexity index is 1660. The van der Waals surface area contributed by atoms with Crippen LogP contribution in [0.1, 0.15) is 18.1 Å². The Balaban J connectivity index is 1.64. The first-order valence-electron chi connectivity index (χ1n) is 12.7. The number of rotatable bonds is 9. The molecule has 212 valence electrons. The van der Waals surface area contributed by atoms with Crippen LogP contribution in [0.15, 0.2) is 109 Å². The topological polar surface area (TPSA) is 47.9 Å². The summed E-state index contributed by atoms with van der Waals surface area (Å²) >= 11 is 0. The lowest BCUT2D eigenvalue weighted by atomic mass is 9.86. The molecule has 0 aliphatic heterocycles. The highest BCUT2D eigenvalue weighted by Gasteiger charge is 2.43. The molecule has 0 fully saturated rings. The average molecular weight is 576 g/mol. The van der Waals surface area contributed by atoms with E-state index in [4.69, 9.17) is 14.0 Å². The molecule has 5 aromatic carbocycles. The van der Waals surface area contributed by atoms with Gasteiger partial charge in [-0.15, -0.1) is 0 Å². The maximum absolute atomic E-state index is 14.8. The summed E-state index contributed by atoms with van der Waals surface area (Å²) in [5, 5.41) is 9.86. The average Bonchev–Trinajstić information content (AvgIpc) is 3.02. The lowest BCUT2D eigenvalue weighted by Crippen LogP contribution is -2.43. The summed E-state index contributed by atoms with van der Waals surface area (Å²) in [6.07, 6.45) is 0. The van der Waals surface area contributed by atoms with Crippen molar-refractivity contribution in [3.05, 3.63) is 149 Å². The highest BCUT2D eigenvalue weighted by Crippen LogP contribution is 2.38. The molecule has 0 heterocycles. The molecule has 0 aliphatic carbocycles. The van der Waals surface area contributed by atoms with Gasteiger partial charge in [0.2, 0.25) is 29.1 Å². The van der Waals surface area contributed by atoms with Gasteiger partial charge in [0.05, 0.1) is 0 Å². The van der Waals surface area contributed by atoms with Gasteiger partial charge in [-0.3, -0.25) is 0 Å². The number of hydrogen-bond donors (Lipinski definition) is 1. The van der Waals surface area contributed by atoms with Crippen LogP contribution in [0.25, 0.3) is 11.1 Å². The van der Waals surface area contributed by atoms with Crippen LogP contribution in [0.2, 0.25) is 0 Å². The number of para-hydroxylation sites is 1. The largest absolute Gasteiger partial charge is 0.789 e. The van der Waals surface area contributed by atoms with Crippen LogP contribution in [0.3, 0.4) is 0 Å². The van der Waals surface area contributed by atoms with E-state index in [0.29, 0.717) is 22.3 Å². The van der Waals surface area contributed by atoms with Crippen LogP contribution in [0.4, 0.5) is 22.0 Å². The van der Waals surface area contributed by atoms with Crippen LogP contribution < -0.4 is 9.31 Å². The predicted molar refractivity (Wildman–Crippen MR) is 147 cm³/mol. The second kappa shape index (κ2) is 12.0. The maximum atomic E-state index is 14.8. The molecule has 0 radical (unpaired) electrons. The first kappa shape index (κ1) is 28.7. The highest BCUT2D eigenvalue weighted by molar-refractivity contribution is 6.39. The number of aromatic hydroxyl groups is 1. The molecule has 0 saturated carbocycles. The van der Waals surface area contributed by atoms with E-state index < -0.39 is 47.8 Å². The first-order valence-corrected chi connectivity index (χ1v) is 12.7. The minimum Gasteiger partial charge on any atom is -0.508 e. The van der Waals surface area contributed by atoms with E-state index in [1.54, 1.807) is 97.9 Å². The summed E-state index contributed by atoms with van der Waals surface area (Å²) in [5.41, 5.74) is 0.760. The van der Waals surface area contributed by atoms with Gasteiger partial charge in [0.15, 0.2) is 5.75 Å². The van der Waals surface area contributed by atoms with Crippen molar-refractivity contribution >= 4 is 7.32 Å². The van der Waals surface area contributed by atoms with Crippen molar-refractivity contribution in [3.8, 4) is 28.4 Å². The summed E-state index contributed by atoms with van der Waals surface area (Å²) in [5.74, 6) is -12.5. The predicted octanol–water partition coefficient (Wildman–Crippen LogP) is 8.18. The highest BCUT2D eigenvalue weighted by atomic mass is 19.2. The Kier molecular flexibility index (Phi) is 8.17. The number of benzene rings is 5. The molecule has 1 N–H and O–H groups in total. The summed E-state index contributed by atoms with van der Waals surface area (Å²) in [4.78, 5) is 0. The molecule has 5 aromatic rings. The summed E-state index contributed by atoms with van der Waals surface area (Å²) < 4.78 is 89.3. The van der Waals surface area contributed by atoms with Crippen LogP contribution in [-0.2, 0) is 10.3 Å². The standard InChI is InChI=1S/C32H22BF5O4/c1-32(21-12-6-3-7-13-21,22-16-18-23(39)19-17-22)42-33(41-31-29(37)27(35)26(34)28(36)30(31)38)40-25-15-9-8-14-24(25)20-10-4-2-5-11-20/h2-19,39H,1H3. The number of halogens is 5. The van der Waals surface area contributed by atoms with E-state index in [1.165, 1.54) is 12.1 Å². The molecule has 0 bridgehead atoms. The molecule has 42 heavy (non-hydrogen) atoms. The molecule has 1 unspecified atom stereocenters. The Labute approximate surface area is 238 Å². The van der Waals surface area contributed by atoms with E-state index in [0.717, 1.165) is 0 Å². The Morgan fingerprint density at radius 2 is 1.07 bits per heavy atom. The van der Waals surface area contributed by atoms with Gasteiger partial charge >= 0.3 is 7.32 Å². The molecule has 5 rings (SSSR count). The van der Waals surface area contributed by atoms with Crippen LogP contribution in [0.5, 0.6) is 17.2 Å². The monoisotopic (exact) mass is 576 g/mol. The van der Waals surface area contributed by atoms with Crippen LogP contribution in [-0.4, -0.2) is 12.4 Å². The SMILES string of the molecule is CC(OB(Oc1ccccc1-c1ccccc1)Oc1c(F)c(F)c(F)c(F)c1F)(c1ccccc1)c1ccc(O)cc1. The molecule has 10 heteroatoms. The van der Waals surface area contributed by atoms with Crippen molar-refractivity contribution in [2.45, 2.75) is 12.5 Å². The van der Waals surface area contributed by atoms with E-state index in [9.17, 15) is 27.1 Å². The third-order valence-corrected chi connectivity index (χ3v) is 6.65. The third-order valence-electron chi connectivity index (χ3n) is 6.65. The van der Waals surface area contributed by atoms with Crippen molar-refractivity contribution in [1.29, 1.82) is 0 Å². The minimum atomic E-state index is -2.33. The normalized spacial score (nSPS) is 12.4. The molecule has 0 aliphatic rings. The second-order valence-corrected chi connectivity index (χ2v) is 9.35. The minimum absolute atomic E-state index is 0.0311. The quantitative estimate of drug-likeness (QED) is 0.0833.